The molecule has 1 fully saturated rings. The number of amides is 2. The lowest BCUT2D eigenvalue weighted by molar-refractivity contribution is -0.176. The molecule has 1 saturated heterocycles. The molecule has 1 atom stereocenters. The maximum Gasteiger partial charge on any atom is 0.404 e. The second-order valence-corrected chi connectivity index (χ2v) is 9.31. The molecule has 2 amide bonds. The average molecular weight is 547 g/mol. The van der Waals surface area contributed by atoms with Crippen LogP contribution in [0.1, 0.15) is 19.8 Å². The molecule has 0 saturated carbocycles. The molecule has 3 N–H and O–H groups in total. The maximum absolute atomic E-state index is 13.1. The predicted molar refractivity (Wildman–Crippen MR) is 138 cm³/mol. The fourth-order valence-electron chi connectivity index (χ4n) is 4.01. The highest BCUT2D eigenvalue weighted by Gasteiger charge is 2.46. The number of terminal acetylenes is 1. The van der Waals surface area contributed by atoms with Gasteiger partial charge >= 0.3 is 6.18 Å². The SMILES string of the molecule is C#CCNC(=O)C(C#N)=c1sc(=CNc2cccc(NC(=O)CN3CCCC3C(F)(F)F)c2)c(=O)n1CC. The first-order valence-electron chi connectivity index (χ1n) is 11.6. The van der Waals surface area contributed by atoms with Gasteiger partial charge in [0.15, 0.2) is 5.57 Å². The Labute approximate surface area is 220 Å². The molecular weight excluding hydrogens is 521 g/mol. The van der Waals surface area contributed by atoms with Gasteiger partial charge in [0.05, 0.1) is 13.1 Å². The molecule has 0 spiro atoms. The Bertz CT molecular complexity index is 1470. The van der Waals surface area contributed by atoms with Crippen LogP contribution in [0.15, 0.2) is 29.1 Å². The van der Waals surface area contributed by atoms with Gasteiger partial charge in [-0.2, -0.15) is 18.4 Å². The summed E-state index contributed by atoms with van der Waals surface area (Å²) in [7, 11) is 0. The fourth-order valence-corrected chi connectivity index (χ4v) is 5.10. The molecule has 2 heterocycles. The van der Waals surface area contributed by atoms with Gasteiger partial charge in [0.2, 0.25) is 5.91 Å². The molecule has 9 nitrogen and oxygen atoms in total. The molecule has 1 unspecified atom stereocenters. The van der Waals surface area contributed by atoms with E-state index in [4.69, 9.17) is 6.42 Å². The van der Waals surface area contributed by atoms with Crippen LogP contribution in [0.25, 0.3) is 11.8 Å². The molecule has 200 valence electrons. The summed E-state index contributed by atoms with van der Waals surface area (Å²) in [4.78, 5) is 38.7. The van der Waals surface area contributed by atoms with Crippen molar-refractivity contribution in [3.8, 4) is 18.4 Å². The molecule has 0 bridgehead atoms. The average Bonchev–Trinajstić information content (AvgIpc) is 3.46. The van der Waals surface area contributed by atoms with Crippen LogP contribution in [0, 0.1) is 23.7 Å². The third-order valence-electron chi connectivity index (χ3n) is 5.73. The van der Waals surface area contributed by atoms with Crippen LogP contribution in [-0.2, 0) is 16.1 Å². The molecule has 13 heteroatoms. The number of hydrogen-bond donors (Lipinski definition) is 3. The van der Waals surface area contributed by atoms with E-state index in [0.29, 0.717) is 17.8 Å². The number of halogens is 3. The number of likely N-dealkylation sites (tertiary alicyclic amines) is 1. The summed E-state index contributed by atoms with van der Waals surface area (Å²) in [6, 6.07) is 6.64. The Kier molecular flexibility index (Phi) is 9.34. The third-order valence-corrected chi connectivity index (χ3v) is 6.86. The zero-order valence-electron chi connectivity index (χ0n) is 20.4. The Morgan fingerprint density at radius 3 is 2.71 bits per heavy atom. The highest BCUT2D eigenvalue weighted by atomic mass is 32.1. The number of anilines is 2. The van der Waals surface area contributed by atoms with Crippen molar-refractivity contribution >= 4 is 46.3 Å². The first-order chi connectivity index (χ1) is 18.1. The number of carbonyl (C=O) groups excluding carboxylic acids is 2. The monoisotopic (exact) mass is 546 g/mol. The second kappa shape index (κ2) is 12.4. The number of nitrogens with zero attached hydrogens (tertiary/aromatic N) is 3. The van der Waals surface area contributed by atoms with Gasteiger partial charge in [0.1, 0.15) is 21.3 Å². The molecule has 1 aliphatic rings. The van der Waals surface area contributed by atoms with Gasteiger partial charge in [-0.05, 0) is 44.5 Å². The van der Waals surface area contributed by atoms with E-state index in [9.17, 15) is 32.8 Å². The van der Waals surface area contributed by atoms with Crippen molar-refractivity contribution in [1.82, 2.24) is 14.8 Å². The Hall–Kier alpha value is -4.07. The lowest BCUT2D eigenvalue weighted by atomic mass is 10.2. The van der Waals surface area contributed by atoms with Gasteiger partial charge in [-0.25, -0.2) is 0 Å². The number of aromatic nitrogens is 1. The number of hydrogen-bond acceptors (Lipinski definition) is 7. The summed E-state index contributed by atoms with van der Waals surface area (Å²) in [5.74, 6) is 0.987. The molecule has 0 radical (unpaired) electrons. The molecule has 38 heavy (non-hydrogen) atoms. The summed E-state index contributed by atoms with van der Waals surface area (Å²) in [6.45, 7) is 1.67. The standard InChI is InChI=1S/C25H25F3N6O3S/c1-3-10-30-22(36)18(13-29)24-34(4-2)23(37)19(38-24)14-31-16-7-5-8-17(12-16)32-21(35)15-33-11-6-9-20(33)25(26,27)28/h1,5,7-8,12,14,20,31H,4,6,9-11,15H2,2H3,(H,30,36)(H,32,35). The Morgan fingerprint density at radius 1 is 1.32 bits per heavy atom. The molecule has 3 rings (SSSR count). The lowest BCUT2D eigenvalue weighted by Crippen LogP contribution is -2.44. The largest absolute Gasteiger partial charge is 0.404 e. The number of carbonyl (C=O) groups is 2. The van der Waals surface area contributed by atoms with E-state index in [0.717, 1.165) is 16.2 Å². The van der Waals surface area contributed by atoms with Crippen molar-refractivity contribution in [2.45, 2.75) is 38.5 Å². The van der Waals surface area contributed by atoms with Crippen LogP contribution in [0.2, 0.25) is 0 Å². The maximum atomic E-state index is 13.1. The van der Waals surface area contributed by atoms with Crippen molar-refractivity contribution in [3.63, 3.8) is 0 Å². The van der Waals surface area contributed by atoms with Crippen molar-refractivity contribution in [2.75, 3.05) is 30.3 Å². The Morgan fingerprint density at radius 2 is 2.05 bits per heavy atom. The Balaban J connectivity index is 1.79. The normalized spacial score (nSPS) is 16.9. The van der Waals surface area contributed by atoms with Crippen LogP contribution in [0.3, 0.4) is 0 Å². The number of thiazole rings is 1. The van der Waals surface area contributed by atoms with E-state index in [1.54, 1.807) is 31.2 Å². The topological polar surface area (TPSA) is 119 Å². The van der Waals surface area contributed by atoms with E-state index in [-0.39, 0.29) is 47.4 Å². The summed E-state index contributed by atoms with van der Waals surface area (Å²) < 4.78 is 41.1. The van der Waals surface area contributed by atoms with Gasteiger partial charge in [0, 0.05) is 24.1 Å². The lowest BCUT2D eigenvalue weighted by Gasteiger charge is -2.25. The van der Waals surface area contributed by atoms with Crippen molar-refractivity contribution in [2.24, 2.45) is 0 Å². The molecule has 1 aliphatic heterocycles. The minimum Gasteiger partial charge on any atom is -0.360 e. The number of nitriles is 1. The number of alkyl halides is 3. The van der Waals surface area contributed by atoms with Gasteiger partial charge in [-0.3, -0.25) is 23.9 Å². The summed E-state index contributed by atoms with van der Waals surface area (Å²) in [6.07, 6.45) is 2.52. The first kappa shape index (κ1) is 28.5. The zero-order valence-corrected chi connectivity index (χ0v) is 21.2. The smallest absolute Gasteiger partial charge is 0.360 e. The third kappa shape index (κ3) is 6.82. The fraction of sp³-hybridized carbons (Fsp3) is 0.360. The number of nitrogens with one attached hydrogen (secondary N) is 3. The number of benzene rings is 1. The second-order valence-electron chi connectivity index (χ2n) is 8.28. The van der Waals surface area contributed by atoms with Gasteiger partial charge in [0.25, 0.3) is 11.5 Å². The van der Waals surface area contributed by atoms with Crippen LogP contribution in [0.4, 0.5) is 24.5 Å². The highest BCUT2D eigenvalue weighted by molar-refractivity contribution is 7.07. The van der Waals surface area contributed by atoms with Gasteiger partial charge < -0.3 is 16.0 Å². The summed E-state index contributed by atoms with van der Waals surface area (Å²) >= 11 is 0.952. The van der Waals surface area contributed by atoms with Crippen LogP contribution < -0.4 is 30.7 Å². The van der Waals surface area contributed by atoms with E-state index in [1.807, 2.05) is 6.07 Å². The quantitative estimate of drug-likeness (QED) is 0.428. The zero-order chi connectivity index (χ0) is 27.9. The van der Waals surface area contributed by atoms with Crippen molar-refractivity contribution < 1.29 is 22.8 Å². The van der Waals surface area contributed by atoms with Crippen molar-refractivity contribution in [3.05, 3.63) is 43.8 Å². The minimum atomic E-state index is -4.38. The predicted octanol–water partition coefficient (Wildman–Crippen LogP) is 1.17. The molecule has 1 aromatic carbocycles. The summed E-state index contributed by atoms with van der Waals surface area (Å²) in [5.41, 5.74) is 0.205. The van der Waals surface area contributed by atoms with E-state index in [2.05, 4.69) is 21.9 Å². The molecular formula is C25H25F3N6O3S. The highest BCUT2D eigenvalue weighted by Crippen LogP contribution is 2.32. The van der Waals surface area contributed by atoms with E-state index >= 15 is 0 Å². The van der Waals surface area contributed by atoms with Crippen molar-refractivity contribution in [1.29, 1.82) is 5.26 Å². The molecule has 2 aromatic rings. The molecule has 1 aromatic heterocycles. The van der Waals surface area contributed by atoms with E-state index in [1.165, 1.54) is 10.8 Å². The van der Waals surface area contributed by atoms with E-state index < -0.39 is 29.6 Å². The van der Waals surface area contributed by atoms with Crippen LogP contribution in [-0.4, -0.2) is 53.1 Å². The first-order valence-corrected chi connectivity index (χ1v) is 12.4. The molecule has 0 aliphatic carbocycles. The van der Waals surface area contributed by atoms with Gasteiger partial charge in [-0.15, -0.1) is 17.8 Å². The van der Waals surface area contributed by atoms with Gasteiger partial charge in [-0.1, -0.05) is 12.0 Å². The van der Waals surface area contributed by atoms with Crippen LogP contribution >= 0.6 is 11.3 Å². The minimum absolute atomic E-state index is 0.0284. The van der Waals surface area contributed by atoms with Crippen LogP contribution in [0.5, 0.6) is 0 Å². The summed E-state index contributed by atoms with van der Waals surface area (Å²) in [5, 5.41) is 17.5. The number of rotatable bonds is 8.